The molecule has 24 heavy (non-hydrogen) atoms. The Hall–Kier alpha value is -0.581. The summed E-state index contributed by atoms with van der Waals surface area (Å²) in [5, 5.41) is 0. The predicted octanol–water partition coefficient (Wildman–Crippen LogP) is 5.37. The summed E-state index contributed by atoms with van der Waals surface area (Å²) in [4.78, 5) is 25.6. The summed E-state index contributed by atoms with van der Waals surface area (Å²) in [6, 6.07) is 0. The molecule has 1 aliphatic carbocycles. The zero-order valence-electron chi connectivity index (χ0n) is 16.2. The van der Waals surface area contributed by atoms with Crippen LogP contribution in [0.4, 0.5) is 0 Å². The number of ether oxygens (including phenoxy) is 1. The molecule has 0 fully saturated rings. The van der Waals surface area contributed by atoms with E-state index in [0.29, 0.717) is 11.3 Å². The molecule has 0 N–H and O–H groups in total. The van der Waals surface area contributed by atoms with Gasteiger partial charge in [-0.2, -0.15) is 0 Å². The van der Waals surface area contributed by atoms with Gasteiger partial charge in [0, 0.05) is 0 Å². The first-order valence-electron chi connectivity index (χ1n) is 9.53. The van der Waals surface area contributed by atoms with E-state index in [4.69, 9.17) is 4.74 Å². The van der Waals surface area contributed by atoms with Gasteiger partial charge < -0.3 is 0 Å². The van der Waals surface area contributed by atoms with E-state index in [2.05, 4.69) is 20.8 Å². The summed E-state index contributed by atoms with van der Waals surface area (Å²) < 4.78 is 9.80. The second-order valence-electron chi connectivity index (χ2n) is 7.00. The van der Waals surface area contributed by atoms with Crippen LogP contribution in [0.3, 0.4) is 0 Å². The van der Waals surface area contributed by atoms with Crippen LogP contribution in [0.15, 0.2) is 21.0 Å². The minimum atomic E-state index is -2.89. The average Bonchev–Trinajstić information content (AvgIpc) is 2.58. The van der Waals surface area contributed by atoms with E-state index in [9.17, 15) is 9.59 Å². The van der Waals surface area contributed by atoms with Gasteiger partial charge in [-0.3, -0.25) is 0 Å². The molecule has 4 heteroatoms. The van der Waals surface area contributed by atoms with Crippen LogP contribution in [0, 0.1) is 0 Å². The SMILES string of the molecule is CCC[CH2][Sn]([CH2]CCC)([CH2]CCC)[C]1=CC(=O)C(C)=C(OC)C1=O. The topological polar surface area (TPSA) is 43.4 Å². The Kier molecular flexibility index (Phi) is 9.32. The van der Waals surface area contributed by atoms with Crippen molar-refractivity contribution in [3.63, 3.8) is 0 Å². The number of hydrogen-bond donors (Lipinski definition) is 0. The number of rotatable bonds is 11. The molecule has 1 aliphatic rings. The molecule has 136 valence electrons. The molecule has 0 radical (unpaired) electrons. The van der Waals surface area contributed by atoms with E-state index in [1.807, 2.05) is 0 Å². The second-order valence-corrected chi connectivity index (χ2v) is 20.1. The summed E-state index contributed by atoms with van der Waals surface area (Å²) in [5.41, 5.74) is 0.466. The fraction of sp³-hybridized carbons (Fsp3) is 0.700. The van der Waals surface area contributed by atoms with Crippen molar-refractivity contribution in [3.05, 3.63) is 21.0 Å². The minimum absolute atomic E-state index is 0.0213. The number of Topliss-reactive ketones (excluding diaryl/α,β-unsaturated/α-hetero) is 1. The summed E-state index contributed by atoms with van der Waals surface area (Å²) in [6.07, 6.45) is 8.68. The summed E-state index contributed by atoms with van der Waals surface area (Å²) in [5.74, 6) is 0.295. The molecule has 0 bridgehead atoms. The molecule has 0 saturated carbocycles. The molecule has 3 nitrogen and oxygen atoms in total. The first-order valence-corrected chi connectivity index (χ1v) is 17.0. The van der Waals surface area contributed by atoms with Gasteiger partial charge in [-0.25, -0.2) is 0 Å². The van der Waals surface area contributed by atoms with Crippen LogP contribution >= 0.6 is 0 Å². The molecule has 0 aromatic heterocycles. The third-order valence-corrected chi connectivity index (χ3v) is 20.8. The quantitative estimate of drug-likeness (QED) is 0.320. The summed E-state index contributed by atoms with van der Waals surface area (Å²) in [7, 11) is 1.51. The standard InChI is InChI=1S/C8H7O3.3C4H9.Sn/c1-5-6(9)3-4-7(10)8(5)11-2;3*1-3-4-2;/h3H,1-2H3;3*1,3-4H2,2H3;. The number of ketones is 2. The molecule has 0 aromatic carbocycles. The molecule has 0 unspecified atom stereocenters. The normalized spacial score (nSPS) is 15.8. The molecule has 0 heterocycles. The van der Waals surface area contributed by atoms with Crippen molar-refractivity contribution in [2.24, 2.45) is 0 Å². The third kappa shape index (κ3) is 4.96. The molecule has 0 spiro atoms. The van der Waals surface area contributed by atoms with Crippen molar-refractivity contribution in [1.82, 2.24) is 0 Å². The van der Waals surface area contributed by atoms with E-state index in [0.717, 1.165) is 22.9 Å². The average molecular weight is 441 g/mol. The van der Waals surface area contributed by atoms with Crippen LogP contribution in [0.1, 0.15) is 66.2 Å². The van der Waals surface area contributed by atoms with Gasteiger partial charge in [0.25, 0.3) is 0 Å². The number of allylic oxidation sites excluding steroid dienone is 3. The summed E-state index contributed by atoms with van der Waals surface area (Å²) in [6.45, 7) is 8.34. The van der Waals surface area contributed by atoms with Crippen LogP contribution in [-0.2, 0) is 14.3 Å². The van der Waals surface area contributed by atoms with Gasteiger partial charge in [-0.15, -0.1) is 0 Å². The van der Waals surface area contributed by atoms with E-state index in [1.54, 1.807) is 13.0 Å². The van der Waals surface area contributed by atoms with Gasteiger partial charge in [0.1, 0.15) is 0 Å². The number of carbonyl (C=O) groups excluding carboxylic acids is 2. The molecule has 0 amide bonds. The Balaban J connectivity index is 3.31. The fourth-order valence-electron chi connectivity index (χ4n) is 3.67. The van der Waals surface area contributed by atoms with Crippen LogP contribution in [0.5, 0.6) is 0 Å². The zero-order chi connectivity index (χ0) is 18.2. The van der Waals surface area contributed by atoms with Gasteiger partial charge in [-0.05, 0) is 0 Å². The molecule has 0 aliphatic heterocycles. The van der Waals surface area contributed by atoms with E-state index in [-0.39, 0.29) is 11.6 Å². The maximum absolute atomic E-state index is 13.1. The van der Waals surface area contributed by atoms with Gasteiger partial charge in [0.15, 0.2) is 0 Å². The molecule has 0 aromatic rings. The number of unbranched alkanes of at least 4 members (excludes halogenated alkanes) is 3. The van der Waals surface area contributed by atoms with Crippen LogP contribution < -0.4 is 0 Å². The molecule has 1 rings (SSSR count). The van der Waals surface area contributed by atoms with Crippen molar-refractivity contribution in [2.45, 2.75) is 79.5 Å². The van der Waals surface area contributed by atoms with Gasteiger partial charge in [0.2, 0.25) is 0 Å². The Bertz CT molecular complexity index is 495. The molecule has 0 saturated heterocycles. The third-order valence-electron chi connectivity index (χ3n) is 5.24. The van der Waals surface area contributed by atoms with Crippen molar-refractivity contribution in [3.8, 4) is 0 Å². The maximum atomic E-state index is 13.1. The number of carbonyl (C=O) groups is 2. The van der Waals surface area contributed by atoms with Crippen molar-refractivity contribution >= 4 is 29.9 Å². The summed E-state index contributed by atoms with van der Waals surface area (Å²) >= 11 is -2.89. The van der Waals surface area contributed by atoms with Crippen LogP contribution in [0.25, 0.3) is 0 Å². The van der Waals surface area contributed by atoms with Crippen molar-refractivity contribution < 1.29 is 14.3 Å². The Morgan fingerprint density at radius 1 is 0.917 bits per heavy atom. The number of methoxy groups -OCH3 is 1. The first-order chi connectivity index (χ1) is 11.5. The Morgan fingerprint density at radius 3 is 1.75 bits per heavy atom. The van der Waals surface area contributed by atoms with Crippen molar-refractivity contribution in [2.75, 3.05) is 7.11 Å². The van der Waals surface area contributed by atoms with E-state index in [1.165, 1.54) is 39.7 Å². The van der Waals surface area contributed by atoms with Crippen molar-refractivity contribution in [1.29, 1.82) is 0 Å². The van der Waals surface area contributed by atoms with Crippen LogP contribution in [-0.4, -0.2) is 37.1 Å². The van der Waals surface area contributed by atoms with Gasteiger partial charge in [-0.1, -0.05) is 0 Å². The monoisotopic (exact) mass is 442 g/mol. The van der Waals surface area contributed by atoms with Gasteiger partial charge >= 0.3 is 152 Å². The predicted molar refractivity (Wildman–Crippen MR) is 103 cm³/mol. The molecular formula is C20H34O3Sn. The Labute approximate surface area is 151 Å². The van der Waals surface area contributed by atoms with E-state index >= 15 is 0 Å². The Morgan fingerprint density at radius 2 is 1.38 bits per heavy atom. The zero-order valence-corrected chi connectivity index (χ0v) is 19.0. The number of hydrogen-bond acceptors (Lipinski definition) is 3. The molecule has 0 atom stereocenters. The first kappa shape index (κ1) is 21.5. The van der Waals surface area contributed by atoms with E-state index < -0.39 is 18.4 Å². The van der Waals surface area contributed by atoms with Gasteiger partial charge in [0.05, 0.1) is 0 Å². The van der Waals surface area contributed by atoms with Crippen LogP contribution in [0.2, 0.25) is 13.3 Å². The second kappa shape index (κ2) is 10.4. The fourth-order valence-corrected chi connectivity index (χ4v) is 19.9. The molecular weight excluding hydrogens is 407 g/mol.